The van der Waals surface area contributed by atoms with Crippen molar-refractivity contribution in [1.82, 2.24) is 5.32 Å². The Bertz CT molecular complexity index is 2950. The van der Waals surface area contributed by atoms with Crippen LogP contribution in [-0.2, 0) is 5.41 Å². The summed E-state index contributed by atoms with van der Waals surface area (Å²) in [7, 11) is 0. The zero-order valence-electron chi connectivity index (χ0n) is 31.5. The Balaban J connectivity index is 0.956. The maximum absolute atomic E-state index is 6.74. The second-order valence-corrected chi connectivity index (χ2v) is 15.4. The van der Waals surface area contributed by atoms with E-state index in [4.69, 9.17) is 19.5 Å². The molecule has 0 amide bonds. The fourth-order valence-electron chi connectivity index (χ4n) is 8.74. The number of para-hydroxylation sites is 1. The Labute approximate surface area is 331 Å². The number of fused-ring (bicyclic) bond motifs is 6. The third-order valence-electron chi connectivity index (χ3n) is 11.6. The number of nitrogens with one attached hydrogen (secondary N) is 1. The van der Waals surface area contributed by atoms with Gasteiger partial charge in [0.25, 0.3) is 0 Å². The van der Waals surface area contributed by atoms with Gasteiger partial charge < -0.3 is 14.8 Å². The largest absolute Gasteiger partial charge is 0.449 e. The van der Waals surface area contributed by atoms with Crippen LogP contribution in [0.2, 0.25) is 0 Å². The van der Waals surface area contributed by atoms with Crippen molar-refractivity contribution in [3.63, 3.8) is 0 Å². The molecule has 8 aromatic rings. The smallest absolute Gasteiger partial charge is 0.177 e. The maximum Gasteiger partial charge on any atom is 0.177 e. The number of rotatable bonds is 5. The van der Waals surface area contributed by atoms with Gasteiger partial charge in [-0.15, -0.1) is 0 Å². The first-order valence-electron chi connectivity index (χ1n) is 19.4. The van der Waals surface area contributed by atoms with Gasteiger partial charge in [0.05, 0.1) is 0 Å². The average molecular weight is 736 g/mol. The minimum Gasteiger partial charge on any atom is -0.449 e. The van der Waals surface area contributed by atoms with Crippen LogP contribution >= 0.6 is 0 Å². The highest BCUT2D eigenvalue weighted by Gasteiger charge is 2.37. The van der Waals surface area contributed by atoms with E-state index >= 15 is 0 Å². The Morgan fingerprint density at radius 1 is 0.474 bits per heavy atom. The van der Waals surface area contributed by atoms with E-state index in [-0.39, 0.29) is 11.6 Å². The van der Waals surface area contributed by atoms with E-state index in [9.17, 15) is 0 Å². The van der Waals surface area contributed by atoms with E-state index in [0.29, 0.717) is 17.3 Å². The summed E-state index contributed by atoms with van der Waals surface area (Å²) in [4.78, 5) is 10.4. The zero-order valence-corrected chi connectivity index (χ0v) is 31.5. The van der Waals surface area contributed by atoms with Gasteiger partial charge in [-0.2, -0.15) is 0 Å². The lowest BCUT2D eigenvalue weighted by Gasteiger charge is -2.26. The van der Waals surface area contributed by atoms with Crippen LogP contribution in [0.1, 0.15) is 47.8 Å². The van der Waals surface area contributed by atoms with Crippen LogP contribution in [0.4, 0.5) is 0 Å². The molecule has 0 fully saturated rings. The second kappa shape index (κ2) is 12.9. The van der Waals surface area contributed by atoms with Crippen molar-refractivity contribution in [3.05, 3.63) is 204 Å². The number of hydrogen-bond acceptors (Lipinski definition) is 5. The molecule has 1 unspecified atom stereocenters. The van der Waals surface area contributed by atoms with E-state index in [1.165, 1.54) is 38.8 Å². The third kappa shape index (κ3) is 5.46. The summed E-state index contributed by atoms with van der Waals surface area (Å²) in [6.45, 7) is 4.55. The number of amidine groups is 2. The summed E-state index contributed by atoms with van der Waals surface area (Å²) in [6.07, 6.45) is -0.354. The summed E-state index contributed by atoms with van der Waals surface area (Å²) in [5, 5.41) is 6.01. The van der Waals surface area contributed by atoms with Crippen molar-refractivity contribution in [3.8, 4) is 56.4 Å². The molecule has 11 rings (SSSR count). The molecule has 1 N–H and O–H groups in total. The predicted molar refractivity (Wildman–Crippen MR) is 231 cm³/mol. The molecule has 0 saturated heterocycles. The fourth-order valence-corrected chi connectivity index (χ4v) is 8.74. The van der Waals surface area contributed by atoms with Crippen molar-refractivity contribution in [2.75, 3.05) is 0 Å². The fraction of sp³-hybridized carbons (Fsp3) is 0.0769. The van der Waals surface area contributed by atoms with Crippen LogP contribution in [0.15, 0.2) is 186 Å². The van der Waals surface area contributed by atoms with Crippen molar-refractivity contribution in [1.29, 1.82) is 0 Å². The lowest BCUT2D eigenvalue weighted by Crippen LogP contribution is -2.33. The molecule has 0 aromatic heterocycles. The Kier molecular flexibility index (Phi) is 7.51. The second-order valence-electron chi connectivity index (χ2n) is 15.4. The number of nitrogens with zero attached hydrogens (tertiary/aromatic N) is 2. The molecule has 8 aromatic carbocycles. The number of hydrogen-bond donors (Lipinski definition) is 1. The van der Waals surface area contributed by atoms with Crippen molar-refractivity contribution in [2.24, 2.45) is 9.98 Å². The Morgan fingerprint density at radius 2 is 1.12 bits per heavy atom. The van der Waals surface area contributed by atoms with E-state index in [0.717, 1.165) is 50.5 Å². The molecular weight excluding hydrogens is 699 g/mol. The molecule has 1 aliphatic carbocycles. The molecule has 2 aliphatic heterocycles. The average Bonchev–Trinajstić information content (AvgIpc) is 3.49. The molecule has 1 atom stereocenters. The quantitative estimate of drug-likeness (QED) is 0.191. The van der Waals surface area contributed by atoms with Gasteiger partial charge in [-0.05, 0) is 67.9 Å². The monoisotopic (exact) mass is 735 g/mol. The van der Waals surface area contributed by atoms with Gasteiger partial charge in [-0.1, -0.05) is 172 Å². The van der Waals surface area contributed by atoms with E-state index in [2.05, 4.69) is 165 Å². The first-order valence-corrected chi connectivity index (χ1v) is 19.4. The summed E-state index contributed by atoms with van der Waals surface area (Å²) < 4.78 is 13.3. The Hall–Kier alpha value is -7.24. The normalized spacial score (nSPS) is 15.8. The van der Waals surface area contributed by atoms with Crippen LogP contribution in [0.5, 0.6) is 23.0 Å². The minimum atomic E-state index is -0.354. The first-order chi connectivity index (χ1) is 28.0. The topological polar surface area (TPSA) is 55.2 Å². The van der Waals surface area contributed by atoms with Crippen LogP contribution in [0.3, 0.4) is 0 Å². The molecule has 0 bridgehead atoms. The molecule has 272 valence electrons. The molecule has 5 heteroatoms. The molecule has 2 heterocycles. The highest BCUT2D eigenvalue weighted by Crippen LogP contribution is 2.56. The van der Waals surface area contributed by atoms with E-state index in [1.54, 1.807) is 0 Å². The lowest BCUT2D eigenvalue weighted by atomic mass is 9.82. The van der Waals surface area contributed by atoms with Gasteiger partial charge in [0.2, 0.25) is 0 Å². The highest BCUT2D eigenvalue weighted by atomic mass is 16.6. The number of ether oxygens (including phenoxy) is 2. The number of aliphatic imine (C=N–C) groups is 2. The maximum atomic E-state index is 6.74. The van der Waals surface area contributed by atoms with Gasteiger partial charge in [-0.25, -0.2) is 9.98 Å². The molecule has 5 nitrogen and oxygen atoms in total. The summed E-state index contributed by atoms with van der Waals surface area (Å²) in [6, 6.07) is 61.3. The van der Waals surface area contributed by atoms with E-state index in [1.807, 2.05) is 30.3 Å². The van der Waals surface area contributed by atoms with Gasteiger partial charge in [-0.3, -0.25) is 0 Å². The summed E-state index contributed by atoms with van der Waals surface area (Å²) >= 11 is 0. The molecule has 0 radical (unpaired) electrons. The Morgan fingerprint density at radius 3 is 1.93 bits per heavy atom. The van der Waals surface area contributed by atoms with Crippen LogP contribution < -0.4 is 14.8 Å². The van der Waals surface area contributed by atoms with Crippen LogP contribution in [0.25, 0.3) is 44.2 Å². The molecule has 3 aliphatic rings. The number of benzene rings is 8. The SMILES string of the molecule is CC1(C)c2ccccc2-c2cc3c(cc21)Oc1cccc(-c2ccc(C4=NC(c5ccc(-c6ccccc6)c6ccccc56)NC(c5ccccc5)=N4)cc2)c1O3. The van der Waals surface area contributed by atoms with Crippen LogP contribution in [-0.4, -0.2) is 11.7 Å². The molecule has 57 heavy (non-hydrogen) atoms. The van der Waals surface area contributed by atoms with Crippen molar-refractivity contribution >= 4 is 22.4 Å². The van der Waals surface area contributed by atoms with E-state index < -0.39 is 0 Å². The first kappa shape index (κ1) is 33.1. The highest BCUT2D eigenvalue weighted by molar-refractivity contribution is 6.13. The molecular formula is C52H37N3O2. The molecule has 0 spiro atoms. The molecule has 0 saturated carbocycles. The van der Waals surface area contributed by atoms with Gasteiger partial charge >= 0.3 is 0 Å². The standard InChI is InChI=1S/C52H37N3O2/c1-52(2)43-22-12-11-20-40(43)42-30-46-47(31-44(42)52)56-45-23-13-21-37(48(45)57-46)33-24-26-35(27-25-33)50-53-49(34-16-7-4-8-17-34)54-51(55-50)41-29-28-36(32-14-5-3-6-15-32)38-18-9-10-19-39(38)41/h3-31,51H,1-2H3,(H,53,54,55). The predicted octanol–water partition coefficient (Wildman–Crippen LogP) is 12.9. The van der Waals surface area contributed by atoms with Crippen LogP contribution in [0, 0.1) is 0 Å². The third-order valence-corrected chi connectivity index (χ3v) is 11.6. The van der Waals surface area contributed by atoms with Crippen molar-refractivity contribution < 1.29 is 9.47 Å². The van der Waals surface area contributed by atoms with Gasteiger partial charge in [0.1, 0.15) is 12.0 Å². The van der Waals surface area contributed by atoms with Crippen molar-refractivity contribution in [2.45, 2.75) is 25.4 Å². The van der Waals surface area contributed by atoms with Gasteiger partial charge in [0.15, 0.2) is 28.8 Å². The van der Waals surface area contributed by atoms with Gasteiger partial charge in [0, 0.05) is 27.7 Å². The zero-order chi connectivity index (χ0) is 38.1. The summed E-state index contributed by atoms with van der Waals surface area (Å²) in [5.41, 5.74) is 12.2. The minimum absolute atomic E-state index is 0.125. The lowest BCUT2D eigenvalue weighted by molar-refractivity contribution is 0.360. The summed E-state index contributed by atoms with van der Waals surface area (Å²) in [5.74, 6) is 4.32.